The molecule has 4 fully saturated rings. The molecular weight excluding hydrogens is 330 g/mol. The molecule has 27 heavy (non-hydrogen) atoms. The maximum atomic E-state index is 5.54. The summed E-state index contributed by atoms with van der Waals surface area (Å²) >= 11 is 0. The van der Waals surface area contributed by atoms with Crippen molar-refractivity contribution >= 4 is 0 Å². The first-order chi connectivity index (χ1) is 12.6. The molecule has 0 aromatic rings. The van der Waals surface area contributed by atoms with Crippen LogP contribution in [-0.2, 0) is 4.74 Å². The minimum absolute atomic E-state index is 0.346. The molecule has 0 radical (unpaired) electrons. The average Bonchev–Trinajstić information content (AvgIpc) is 2.97. The molecule has 0 bridgehead atoms. The van der Waals surface area contributed by atoms with Crippen molar-refractivity contribution in [2.45, 2.75) is 104 Å². The first-order valence-corrected chi connectivity index (χ1v) is 11.9. The van der Waals surface area contributed by atoms with Gasteiger partial charge < -0.3 is 4.74 Å². The number of ether oxygens (including phenoxy) is 1. The van der Waals surface area contributed by atoms with E-state index in [4.69, 9.17) is 4.74 Å². The fourth-order valence-electron chi connectivity index (χ4n) is 7.24. The Kier molecular flexibility index (Phi) is 5.25. The predicted octanol–water partition coefficient (Wildman–Crippen LogP) is 6.29. The molecule has 156 valence electrons. The van der Waals surface area contributed by atoms with Gasteiger partial charge in [0.15, 0.2) is 0 Å². The summed E-state index contributed by atoms with van der Waals surface area (Å²) in [6, 6.07) is 0. The van der Waals surface area contributed by atoms with Crippen LogP contribution in [0.1, 0.15) is 98.8 Å². The molecule has 2 aliphatic heterocycles. The van der Waals surface area contributed by atoms with Crippen molar-refractivity contribution in [2.24, 2.45) is 28.1 Å². The van der Waals surface area contributed by atoms with Gasteiger partial charge in [0.2, 0.25) is 0 Å². The van der Waals surface area contributed by atoms with E-state index in [-0.39, 0.29) is 0 Å². The van der Waals surface area contributed by atoms with Gasteiger partial charge in [0, 0.05) is 17.5 Å². The van der Waals surface area contributed by atoms with E-state index >= 15 is 0 Å². The van der Waals surface area contributed by atoms with E-state index in [0.29, 0.717) is 21.8 Å². The van der Waals surface area contributed by atoms with Crippen LogP contribution >= 0.6 is 0 Å². The van der Waals surface area contributed by atoms with E-state index in [2.05, 4.69) is 39.5 Å². The summed E-state index contributed by atoms with van der Waals surface area (Å²) in [4.78, 5) is 2.77. The monoisotopic (exact) mass is 375 g/mol. The van der Waals surface area contributed by atoms with Crippen LogP contribution in [0.15, 0.2) is 0 Å². The molecule has 2 nitrogen and oxygen atoms in total. The largest absolute Gasteiger partial charge is 0.380 e. The van der Waals surface area contributed by atoms with Gasteiger partial charge in [-0.2, -0.15) is 0 Å². The lowest BCUT2D eigenvalue weighted by atomic mass is 9.59. The highest BCUT2D eigenvalue weighted by Crippen LogP contribution is 2.54. The zero-order valence-electron chi connectivity index (χ0n) is 18.9. The maximum absolute atomic E-state index is 5.54. The Morgan fingerprint density at radius 3 is 2.15 bits per heavy atom. The van der Waals surface area contributed by atoms with E-state index in [1.165, 1.54) is 77.3 Å². The summed E-state index contributed by atoms with van der Waals surface area (Å²) in [5.74, 6) is 1.91. The van der Waals surface area contributed by atoms with Gasteiger partial charge in [-0.3, -0.25) is 4.90 Å². The summed E-state index contributed by atoms with van der Waals surface area (Å²) in [7, 11) is 0. The Balaban J connectivity index is 1.33. The van der Waals surface area contributed by atoms with Crippen molar-refractivity contribution in [1.29, 1.82) is 0 Å². The van der Waals surface area contributed by atoms with Gasteiger partial charge >= 0.3 is 0 Å². The van der Waals surface area contributed by atoms with Crippen molar-refractivity contribution in [2.75, 3.05) is 26.3 Å². The number of hydrogen-bond acceptors (Lipinski definition) is 2. The Bertz CT molecular complexity index is 519. The Morgan fingerprint density at radius 2 is 1.59 bits per heavy atom. The van der Waals surface area contributed by atoms with E-state index in [1.807, 2.05) is 0 Å². The lowest BCUT2D eigenvalue weighted by molar-refractivity contribution is -0.142. The lowest BCUT2D eigenvalue weighted by Gasteiger charge is -2.50. The normalized spacial score (nSPS) is 35.7. The summed E-state index contributed by atoms with van der Waals surface area (Å²) in [6.07, 6.45) is 14.6. The summed E-state index contributed by atoms with van der Waals surface area (Å²) < 4.78 is 5.54. The van der Waals surface area contributed by atoms with Crippen LogP contribution in [0.4, 0.5) is 0 Å². The third kappa shape index (κ3) is 4.13. The van der Waals surface area contributed by atoms with Crippen molar-refractivity contribution in [3.05, 3.63) is 0 Å². The van der Waals surface area contributed by atoms with Gasteiger partial charge in [0.1, 0.15) is 0 Å². The van der Waals surface area contributed by atoms with E-state index in [1.54, 1.807) is 0 Å². The van der Waals surface area contributed by atoms with Crippen molar-refractivity contribution in [3.63, 3.8) is 0 Å². The fourth-order valence-corrected chi connectivity index (χ4v) is 7.24. The van der Waals surface area contributed by atoms with E-state index in [0.717, 1.165) is 25.0 Å². The molecule has 0 amide bonds. The van der Waals surface area contributed by atoms with Gasteiger partial charge in [-0.1, -0.05) is 26.7 Å². The highest BCUT2D eigenvalue weighted by molar-refractivity contribution is 4.99. The SMILES string of the molecule is CC(C)(CC1CCCC2(CCN(C(C)(C)C)C2)C1)C1CCC2(CC1)COC2. The average molecular weight is 376 g/mol. The van der Waals surface area contributed by atoms with Gasteiger partial charge in [0.05, 0.1) is 13.2 Å². The molecule has 2 saturated carbocycles. The molecule has 2 heteroatoms. The molecule has 2 heterocycles. The molecule has 2 unspecified atom stereocenters. The molecule has 2 atom stereocenters. The van der Waals surface area contributed by atoms with Crippen LogP contribution in [0.5, 0.6) is 0 Å². The van der Waals surface area contributed by atoms with Crippen LogP contribution in [0, 0.1) is 28.1 Å². The first kappa shape index (κ1) is 20.2. The highest BCUT2D eigenvalue weighted by Gasteiger charge is 2.47. The molecule has 0 aromatic carbocycles. The van der Waals surface area contributed by atoms with Crippen molar-refractivity contribution in [3.8, 4) is 0 Å². The highest BCUT2D eigenvalue weighted by atomic mass is 16.5. The van der Waals surface area contributed by atoms with Gasteiger partial charge in [-0.15, -0.1) is 0 Å². The third-order valence-corrected chi connectivity index (χ3v) is 9.21. The van der Waals surface area contributed by atoms with Gasteiger partial charge in [-0.25, -0.2) is 0 Å². The molecule has 0 aromatic heterocycles. The summed E-state index contributed by atoms with van der Waals surface area (Å²) in [6.45, 7) is 17.2. The standard InChI is InChI=1S/C25H45NO/c1-22(2,3)26-14-13-24(17-26)10-6-7-20(16-24)15-23(4,5)21-8-11-25(12-9-21)18-27-19-25/h20-21H,6-19H2,1-5H3. The summed E-state index contributed by atoms with van der Waals surface area (Å²) in [5, 5.41) is 0. The van der Waals surface area contributed by atoms with E-state index < -0.39 is 0 Å². The van der Waals surface area contributed by atoms with Crippen LogP contribution < -0.4 is 0 Å². The second-order valence-corrected chi connectivity index (χ2v) is 12.8. The first-order valence-electron chi connectivity index (χ1n) is 11.9. The molecular formula is C25H45NO. The number of nitrogens with zero attached hydrogens (tertiary/aromatic N) is 1. The zero-order valence-corrected chi connectivity index (χ0v) is 18.9. The number of hydrogen-bond donors (Lipinski definition) is 0. The van der Waals surface area contributed by atoms with Gasteiger partial charge in [-0.05, 0) is 101 Å². The van der Waals surface area contributed by atoms with Crippen molar-refractivity contribution < 1.29 is 4.74 Å². The molecule has 2 aliphatic carbocycles. The second kappa shape index (κ2) is 7.01. The minimum atomic E-state index is 0.346. The molecule has 2 spiro atoms. The number of likely N-dealkylation sites (tertiary alicyclic amines) is 1. The lowest BCUT2D eigenvalue weighted by Crippen LogP contribution is -2.47. The number of rotatable bonds is 3. The Labute approximate surface area is 168 Å². The smallest absolute Gasteiger partial charge is 0.0544 e. The quantitative estimate of drug-likeness (QED) is 0.574. The molecule has 0 N–H and O–H groups in total. The van der Waals surface area contributed by atoms with Crippen molar-refractivity contribution in [1.82, 2.24) is 4.90 Å². The van der Waals surface area contributed by atoms with E-state index in [9.17, 15) is 0 Å². The zero-order chi connectivity index (χ0) is 19.3. The minimum Gasteiger partial charge on any atom is -0.380 e. The third-order valence-electron chi connectivity index (χ3n) is 9.21. The Morgan fingerprint density at radius 1 is 0.889 bits per heavy atom. The van der Waals surface area contributed by atoms with Crippen LogP contribution in [-0.4, -0.2) is 36.7 Å². The molecule has 2 saturated heterocycles. The van der Waals surface area contributed by atoms with Crippen LogP contribution in [0.25, 0.3) is 0 Å². The summed E-state index contributed by atoms with van der Waals surface area (Å²) in [5.41, 5.74) is 2.12. The van der Waals surface area contributed by atoms with Gasteiger partial charge in [0.25, 0.3) is 0 Å². The Hall–Kier alpha value is -0.0800. The molecule has 4 aliphatic rings. The second-order valence-electron chi connectivity index (χ2n) is 12.8. The van der Waals surface area contributed by atoms with Crippen LogP contribution in [0.2, 0.25) is 0 Å². The topological polar surface area (TPSA) is 12.5 Å². The maximum Gasteiger partial charge on any atom is 0.0544 e. The fraction of sp³-hybridized carbons (Fsp3) is 1.00. The van der Waals surface area contributed by atoms with Crippen LogP contribution in [0.3, 0.4) is 0 Å². The molecule has 4 rings (SSSR count). The predicted molar refractivity (Wildman–Crippen MR) is 114 cm³/mol.